The standard InChI is InChI=1S/C9H17NO2/c1-7-4-10(5-7)6-9(2,3)8(11)12/h7H,4-6H2,1-3H3,(H,11,12). The quantitative estimate of drug-likeness (QED) is 0.690. The lowest BCUT2D eigenvalue weighted by molar-refractivity contribution is -0.148. The summed E-state index contributed by atoms with van der Waals surface area (Å²) in [5, 5.41) is 8.85. The van der Waals surface area contributed by atoms with Crippen molar-refractivity contribution in [1.29, 1.82) is 0 Å². The summed E-state index contributed by atoms with van der Waals surface area (Å²) in [5.74, 6) is 0.0386. The van der Waals surface area contributed by atoms with Crippen molar-refractivity contribution in [3.05, 3.63) is 0 Å². The van der Waals surface area contributed by atoms with Crippen molar-refractivity contribution >= 4 is 5.97 Å². The molecule has 0 spiro atoms. The summed E-state index contributed by atoms with van der Waals surface area (Å²) in [7, 11) is 0. The number of carboxylic acid groups (broad SMARTS) is 1. The van der Waals surface area contributed by atoms with E-state index in [1.807, 2.05) is 0 Å². The van der Waals surface area contributed by atoms with Crippen LogP contribution in [0.5, 0.6) is 0 Å². The van der Waals surface area contributed by atoms with Crippen molar-refractivity contribution in [3.8, 4) is 0 Å². The van der Waals surface area contributed by atoms with Gasteiger partial charge in [-0.25, -0.2) is 0 Å². The number of nitrogens with zero attached hydrogens (tertiary/aromatic N) is 1. The lowest BCUT2D eigenvalue weighted by Gasteiger charge is -2.40. The lowest BCUT2D eigenvalue weighted by atomic mass is 9.90. The van der Waals surface area contributed by atoms with E-state index in [0.717, 1.165) is 19.0 Å². The van der Waals surface area contributed by atoms with Gasteiger partial charge in [-0.1, -0.05) is 6.92 Å². The maximum atomic E-state index is 10.8. The fourth-order valence-corrected chi connectivity index (χ4v) is 1.58. The maximum absolute atomic E-state index is 10.8. The van der Waals surface area contributed by atoms with Crippen LogP contribution in [0.2, 0.25) is 0 Å². The zero-order chi connectivity index (χ0) is 9.35. The topological polar surface area (TPSA) is 40.5 Å². The molecule has 0 bridgehead atoms. The van der Waals surface area contributed by atoms with Gasteiger partial charge in [0.2, 0.25) is 0 Å². The molecule has 0 aromatic carbocycles. The van der Waals surface area contributed by atoms with Gasteiger partial charge in [0.1, 0.15) is 0 Å². The molecule has 1 heterocycles. The molecule has 70 valence electrons. The average molecular weight is 171 g/mol. The highest BCUT2D eigenvalue weighted by Gasteiger charge is 2.33. The average Bonchev–Trinajstić information content (AvgIpc) is 1.83. The third-order valence-corrected chi connectivity index (χ3v) is 2.34. The van der Waals surface area contributed by atoms with E-state index in [0.29, 0.717) is 6.54 Å². The molecular formula is C9H17NO2. The number of likely N-dealkylation sites (tertiary alicyclic amines) is 1. The summed E-state index contributed by atoms with van der Waals surface area (Å²) < 4.78 is 0. The van der Waals surface area contributed by atoms with Crippen LogP contribution < -0.4 is 0 Å². The second-order valence-electron chi connectivity index (χ2n) is 4.49. The summed E-state index contributed by atoms with van der Waals surface area (Å²) in [6, 6.07) is 0. The number of hydrogen-bond donors (Lipinski definition) is 1. The highest BCUT2D eigenvalue weighted by molar-refractivity contribution is 5.73. The minimum absolute atomic E-state index is 0.597. The van der Waals surface area contributed by atoms with E-state index in [1.165, 1.54) is 0 Å². The molecule has 1 aliphatic rings. The van der Waals surface area contributed by atoms with Crippen LogP contribution in [0.3, 0.4) is 0 Å². The molecule has 1 saturated heterocycles. The molecule has 1 aliphatic heterocycles. The van der Waals surface area contributed by atoms with E-state index in [-0.39, 0.29) is 0 Å². The van der Waals surface area contributed by atoms with Gasteiger partial charge in [0.15, 0.2) is 0 Å². The lowest BCUT2D eigenvalue weighted by Crippen LogP contribution is -2.50. The van der Waals surface area contributed by atoms with Crippen LogP contribution in [-0.2, 0) is 4.79 Å². The van der Waals surface area contributed by atoms with Crippen molar-refractivity contribution in [3.63, 3.8) is 0 Å². The number of carboxylic acids is 1. The van der Waals surface area contributed by atoms with Gasteiger partial charge < -0.3 is 10.0 Å². The third kappa shape index (κ3) is 1.97. The van der Waals surface area contributed by atoms with E-state index < -0.39 is 11.4 Å². The smallest absolute Gasteiger partial charge is 0.310 e. The molecule has 3 nitrogen and oxygen atoms in total. The zero-order valence-corrected chi connectivity index (χ0v) is 8.00. The Kier molecular flexibility index (Phi) is 2.42. The summed E-state index contributed by atoms with van der Waals surface area (Å²) in [6.07, 6.45) is 0. The zero-order valence-electron chi connectivity index (χ0n) is 8.00. The van der Waals surface area contributed by atoms with Crippen molar-refractivity contribution in [2.45, 2.75) is 20.8 Å². The van der Waals surface area contributed by atoms with Crippen molar-refractivity contribution < 1.29 is 9.90 Å². The first-order valence-electron chi connectivity index (χ1n) is 4.37. The predicted octanol–water partition coefficient (Wildman–Crippen LogP) is 1.05. The van der Waals surface area contributed by atoms with Gasteiger partial charge in [0, 0.05) is 19.6 Å². The fraction of sp³-hybridized carbons (Fsp3) is 0.889. The molecule has 0 atom stereocenters. The highest BCUT2D eigenvalue weighted by atomic mass is 16.4. The van der Waals surface area contributed by atoms with E-state index in [1.54, 1.807) is 13.8 Å². The van der Waals surface area contributed by atoms with Gasteiger partial charge in [-0.2, -0.15) is 0 Å². The summed E-state index contributed by atoms with van der Waals surface area (Å²) >= 11 is 0. The van der Waals surface area contributed by atoms with Gasteiger partial charge in [-0.15, -0.1) is 0 Å². The predicted molar refractivity (Wildman–Crippen MR) is 47.0 cm³/mol. The molecular weight excluding hydrogens is 154 g/mol. The number of rotatable bonds is 3. The molecule has 3 heteroatoms. The maximum Gasteiger partial charge on any atom is 0.310 e. The van der Waals surface area contributed by atoms with E-state index in [9.17, 15) is 4.79 Å². The van der Waals surface area contributed by atoms with Crippen LogP contribution in [-0.4, -0.2) is 35.6 Å². The Morgan fingerprint density at radius 3 is 2.42 bits per heavy atom. The molecule has 0 amide bonds. The Hall–Kier alpha value is -0.570. The van der Waals surface area contributed by atoms with Crippen LogP contribution in [0.4, 0.5) is 0 Å². The fourth-order valence-electron chi connectivity index (χ4n) is 1.58. The number of carbonyl (C=O) groups is 1. The molecule has 1 N–H and O–H groups in total. The summed E-state index contributed by atoms with van der Waals surface area (Å²) in [6.45, 7) is 8.51. The molecule has 0 saturated carbocycles. The van der Waals surface area contributed by atoms with Gasteiger partial charge in [-0.3, -0.25) is 4.79 Å². The van der Waals surface area contributed by atoms with Gasteiger partial charge in [-0.05, 0) is 19.8 Å². The minimum atomic E-state index is -0.706. The molecule has 0 unspecified atom stereocenters. The van der Waals surface area contributed by atoms with Gasteiger partial charge >= 0.3 is 5.97 Å². The second-order valence-corrected chi connectivity index (χ2v) is 4.49. The first-order chi connectivity index (χ1) is 5.42. The number of hydrogen-bond acceptors (Lipinski definition) is 2. The molecule has 1 rings (SSSR count). The van der Waals surface area contributed by atoms with Crippen LogP contribution >= 0.6 is 0 Å². The minimum Gasteiger partial charge on any atom is -0.481 e. The van der Waals surface area contributed by atoms with E-state index in [2.05, 4.69) is 11.8 Å². The summed E-state index contributed by atoms with van der Waals surface area (Å²) in [5.41, 5.74) is -0.597. The van der Waals surface area contributed by atoms with Crippen molar-refractivity contribution in [1.82, 2.24) is 4.90 Å². The van der Waals surface area contributed by atoms with Crippen LogP contribution in [0.25, 0.3) is 0 Å². The Morgan fingerprint density at radius 2 is 2.08 bits per heavy atom. The number of aliphatic carboxylic acids is 1. The van der Waals surface area contributed by atoms with Crippen LogP contribution in [0.1, 0.15) is 20.8 Å². The Labute approximate surface area is 73.4 Å². The molecule has 0 aromatic heterocycles. The van der Waals surface area contributed by atoms with E-state index in [4.69, 9.17) is 5.11 Å². The van der Waals surface area contributed by atoms with Crippen LogP contribution in [0, 0.1) is 11.3 Å². The second kappa shape index (κ2) is 3.05. The monoisotopic (exact) mass is 171 g/mol. The largest absolute Gasteiger partial charge is 0.481 e. The van der Waals surface area contributed by atoms with Gasteiger partial charge in [0.25, 0.3) is 0 Å². The van der Waals surface area contributed by atoms with Crippen LogP contribution in [0.15, 0.2) is 0 Å². The molecule has 0 aromatic rings. The molecule has 0 radical (unpaired) electrons. The molecule has 12 heavy (non-hydrogen) atoms. The van der Waals surface area contributed by atoms with Gasteiger partial charge in [0.05, 0.1) is 5.41 Å². The van der Waals surface area contributed by atoms with Crippen molar-refractivity contribution in [2.75, 3.05) is 19.6 Å². The molecule has 1 fully saturated rings. The third-order valence-electron chi connectivity index (χ3n) is 2.34. The van der Waals surface area contributed by atoms with Crippen molar-refractivity contribution in [2.24, 2.45) is 11.3 Å². The summed E-state index contributed by atoms with van der Waals surface area (Å²) in [4.78, 5) is 12.9. The Bertz CT molecular complexity index is 183. The Morgan fingerprint density at radius 1 is 1.58 bits per heavy atom. The first kappa shape index (κ1) is 9.52. The highest BCUT2D eigenvalue weighted by Crippen LogP contribution is 2.23. The molecule has 0 aliphatic carbocycles. The normalized spacial score (nSPS) is 20.6. The Balaban J connectivity index is 2.35. The van der Waals surface area contributed by atoms with E-state index >= 15 is 0 Å². The first-order valence-corrected chi connectivity index (χ1v) is 4.37. The SMILES string of the molecule is CC1CN(CC(C)(C)C(=O)O)C1.